The van der Waals surface area contributed by atoms with Crippen LogP contribution in [0.4, 0.5) is 4.39 Å². The summed E-state index contributed by atoms with van der Waals surface area (Å²) in [7, 11) is 0. The van der Waals surface area contributed by atoms with E-state index in [-0.39, 0.29) is 66.4 Å². The summed E-state index contributed by atoms with van der Waals surface area (Å²) in [4.78, 5) is 28.6. The number of hydrogen-bond acceptors (Lipinski definition) is 9. The number of ether oxygens (including phenoxy) is 2. The number of carbonyl (C=O) groups is 2. The highest BCUT2D eigenvalue weighted by atomic mass is 19.1. The van der Waals surface area contributed by atoms with Gasteiger partial charge in [0.2, 0.25) is 11.8 Å². The molecule has 0 bridgehead atoms. The number of aliphatic hydroxyl groups is 1. The maximum atomic E-state index is 15.4. The number of fused-ring (bicyclic) bond motifs is 1. The van der Waals surface area contributed by atoms with E-state index in [2.05, 4.69) is 40.0 Å². The molecule has 0 aromatic heterocycles. The molecule has 10 atom stereocenters. The van der Waals surface area contributed by atoms with Gasteiger partial charge in [0, 0.05) is 70.0 Å². The van der Waals surface area contributed by atoms with Crippen molar-refractivity contribution in [3.8, 4) is 0 Å². The zero-order chi connectivity index (χ0) is 30.5. The first-order valence-electron chi connectivity index (χ1n) is 16.7. The maximum Gasteiger partial charge on any atom is 0.223 e. The number of piperidine rings is 3. The van der Waals surface area contributed by atoms with Crippen molar-refractivity contribution in [2.75, 3.05) is 59.2 Å². The van der Waals surface area contributed by atoms with E-state index >= 15 is 4.39 Å². The predicted octanol–water partition coefficient (Wildman–Crippen LogP) is 0.425. The zero-order valence-electron chi connectivity index (χ0n) is 26.3. The standard InChI is InChI=1S/C31H55FN6O5/c1-19-25-7-9-37(16-26(25)27(32)13-28(19)42-17-29-20(2)35-18-43-29)15-24(40)14-34-31(41)22-4-8-33-30(12-22)36-23-5-10-38(11-6-23)21(3)39/h19-20,22-30,33,35-36,40H,4-18H2,1-3H3,(H,34,41)/t19?,20?,22?,24-,25?,26?,27?,28?,29?,30?/m0/s1. The van der Waals surface area contributed by atoms with Gasteiger partial charge >= 0.3 is 0 Å². The van der Waals surface area contributed by atoms with Gasteiger partial charge in [0.15, 0.2) is 0 Å². The van der Waals surface area contributed by atoms with Crippen molar-refractivity contribution in [2.45, 2.75) is 102 Å². The fourth-order valence-corrected chi connectivity index (χ4v) is 8.01. The minimum Gasteiger partial charge on any atom is -0.390 e. The second-order valence-electron chi connectivity index (χ2n) is 13.8. The Morgan fingerprint density at radius 1 is 1.09 bits per heavy atom. The number of likely N-dealkylation sites (tertiary alicyclic amines) is 2. The van der Waals surface area contributed by atoms with Crippen LogP contribution in [-0.2, 0) is 19.1 Å². The minimum absolute atomic E-state index is 0.0124. The van der Waals surface area contributed by atoms with Gasteiger partial charge in [0.1, 0.15) is 6.17 Å². The van der Waals surface area contributed by atoms with Crippen LogP contribution in [0.3, 0.4) is 0 Å². The summed E-state index contributed by atoms with van der Waals surface area (Å²) in [5.74, 6) is 0.508. The Kier molecular flexibility index (Phi) is 11.7. The molecule has 5 aliphatic rings. The van der Waals surface area contributed by atoms with Crippen molar-refractivity contribution in [3.05, 3.63) is 0 Å². The molecule has 2 amide bonds. The van der Waals surface area contributed by atoms with Crippen LogP contribution in [0.2, 0.25) is 0 Å². The predicted molar refractivity (Wildman–Crippen MR) is 161 cm³/mol. The van der Waals surface area contributed by atoms with Crippen LogP contribution in [0.25, 0.3) is 0 Å². The van der Waals surface area contributed by atoms with E-state index in [9.17, 15) is 14.7 Å². The molecule has 4 aliphatic heterocycles. The number of amides is 2. The molecule has 246 valence electrons. The molecular formula is C31H55FN6O5. The topological polar surface area (TPSA) is 127 Å². The average Bonchev–Trinajstić information content (AvgIpc) is 3.41. The Hall–Kier alpha value is -1.41. The Labute approximate surface area is 256 Å². The number of halogens is 1. The molecule has 0 radical (unpaired) electrons. The van der Waals surface area contributed by atoms with Gasteiger partial charge in [-0.1, -0.05) is 6.92 Å². The van der Waals surface area contributed by atoms with Gasteiger partial charge in [0.25, 0.3) is 0 Å². The summed E-state index contributed by atoms with van der Waals surface area (Å²) in [6.07, 6.45) is 2.98. The number of nitrogens with zero attached hydrogens (tertiary/aromatic N) is 2. The van der Waals surface area contributed by atoms with Crippen molar-refractivity contribution < 1.29 is 28.6 Å². The van der Waals surface area contributed by atoms with Crippen LogP contribution < -0.4 is 21.3 Å². The van der Waals surface area contributed by atoms with E-state index < -0.39 is 12.3 Å². The molecular weight excluding hydrogens is 555 g/mol. The van der Waals surface area contributed by atoms with E-state index in [1.54, 1.807) is 6.92 Å². The average molecular weight is 611 g/mol. The summed E-state index contributed by atoms with van der Waals surface area (Å²) in [5.41, 5.74) is 0. The molecule has 9 unspecified atom stereocenters. The molecule has 0 spiro atoms. The number of rotatable bonds is 10. The second-order valence-corrected chi connectivity index (χ2v) is 13.8. The number of carbonyl (C=O) groups excluding carboxylic acids is 2. The Balaban J connectivity index is 1.00. The van der Waals surface area contributed by atoms with Gasteiger partial charge in [0.05, 0.1) is 37.8 Å². The molecule has 43 heavy (non-hydrogen) atoms. The van der Waals surface area contributed by atoms with E-state index in [0.717, 1.165) is 51.9 Å². The van der Waals surface area contributed by atoms with Crippen molar-refractivity contribution >= 4 is 11.8 Å². The largest absolute Gasteiger partial charge is 0.390 e. The lowest BCUT2D eigenvalue weighted by Gasteiger charge is -2.49. The third-order valence-corrected chi connectivity index (χ3v) is 10.8. The SMILES string of the molecule is CC(=O)N1CCC(NC2CC(C(=O)NC[C@H](O)CN3CCC4C(C)C(OCC5OCNC5C)CC(F)C4C3)CCN2)CC1. The monoisotopic (exact) mass is 610 g/mol. The Morgan fingerprint density at radius 3 is 2.60 bits per heavy atom. The van der Waals surface area contributed by atoms with Crippen molar-refractivity contribution in [1.29, 1.82) is 0 Å². The molecule has 0 aromatic carbocycles. The molecule has 11 nitrogen and oxygen atoms in total. The zero-order valence-corrected chi connectivity index (χ0v) is 26.3. The second kappa shape index (κ2) is 15.2. The molecule has 1 aliphatic carbocycles. The van der Waals surface area contributed by atoms with Gasteiger partial charge in [-0.3, -0.25) is 20.2 Å². The van der Waals surface area contributed by atoms with Crippen molar-refractivity contribution in [1.82, 2.24) is 31.1 Å². The highest BCUT2D eigenvalue weighted by molar-refractivity contribution is 5.78. The smallest absolute Gasteiger partial charge is 0.223 e. The van der Waals surface area contributed by atoms with Gasteiger partial charge in [-0.15, -0.1) is 0 Å². The first-order chi connectivity index (χ1) is 20.7. The first-order valence-corrected chi connectivity index (χ1v) is 16.7. The number of nitrogens with one attached hydrogen (secondary N) is 4. The summed E-state index contributed by atoms with van der Waals surface area (Å²) in [5, 5.41) is 24.2. The number of hydrogen-bond donors (Lipinski definition) is 5. The van der Waals surface area contributed by atoms with E-state index in [4.69, 9.17) is 9.47 Å². The van der Waals surface area contributed by atoms with Gasteiger partial charge in [-0.25, -0.2) is 4.39 Å². The number of β-amino-alcohol motifs (C(OH)–C–C–N with tert-alkyl or cyclic N) is 1. The molecule has 5 fully saturated rings. The van der Waals surface area contributed by atoms with Crippen LogP contribution in [-0.4, -0.2) is 129 Å². The number of aliphatic hydroxyl groups excluding tert-OH is 1. The Bertz CT molecular complexity index is 925. The molecule has 1 saturated carbocycles. The highest BCUT2D eigenvalue weighted by Gasteiger charge is 2.46. The summed E-state index contributed by atoms with van der Waals surface area (Å²) < 4.78 is 27.3. The normalized spacial score (nSPS) is 38.4. The van der Waals surface area contributed by atoms with Gasteiger partial charge in [-0.05, 0) is 64.0 Å². The lowest BCUT2D eigenvalue weighted by Crippen LogP contribution is -2.56. The minimum atomic E-state index is -0.922. The van der Waals surface area contributed by atoms with Crippen LogP contribution in [0, 0.1) is 23.7 Å². The lowest BCUT2D eigenvalue weighted by molar-refractivity contribution is -0.130. The summed E-state index contributed by atoms with van der Waals surface area (Å²) in [6, 6.07) is 0.581. The van der Waals surface area contributed by atoms with Crippen LogP contribution in [0.15, 0.2) is 0 Å². The molecule has 5 rings (SSSR count). The van der Waals surface area contributed by atoms with Crippen LogP contribution >= 0.6 is 0 Å². The third kappa shape index (κ3) is 8.65. The molecule has 0 aromatic rings. The molecule has 4 heterocycles. The van der Waals surface area contributed by atoms with E-state index in [1.165, 1.54) is 0 Å². The lowest BCUT2D eigenvalue weighted by atomic mass is 9.67. The van der Waals surface area contributed by atoms with Crippen LogP contribution in [0.1, 0.15) is 59.3 Å². The molecule has 12 heteroatoms. The van der Waals surface area contributed by atoms with Gasteiger partial charge < -0.3 is 35.0 Å². The van der Waals surface area contributed by atoms with Crippen LogP contribution in [0.5, 0.6) is 0 Å². The van der Waals surface area contributed by atoms with Crippen molar-refractivity contribution in [3.63, 3.8) is 0 Å². The first kappa shape index (κ1) is 33.0. The summed E-state index contributed by atoms with van der Waals surface area (Å²) >= 11 is 0. The van der Waals surface area contributed by atoms with E-state index in [1.807, 2.05) is 4.90 Å². The fraction of sp³-hybridized carbons (Fsp3) is 0.935. The fourth-order valence-electron chi connectivity index (χ4n) is 8.01. The van der Waals surface area contributed by atoms with E-state index in [0.29, 0.717) is 45.3 Å². The molecule has 5 N–H and O–H groups in total. The highest BCUT2D eigenvalue weighted by Crippen LogP contribution is 2.43. The number of alkyl halides is 1. The maximum absolute atomic E-state index is 15.4. The molecule has 4 saturated heterocycles. The Morgan fingerprint density at radius 2 is 1.88 bits per heavy atom. The van der Waals surface area contributed by atoms with Crippen molar-refractivity contribution in [2.24, 2.45) is 23.7 Å². The van der Waals surface area contributed by atoms with Gasteiger partial charge in [-0.2, -0.15) is 0 Å². The quantitative estimate of drug-likeness (QED) is 0.239. The third-order valence-electron chi connectivity index (χ3n) is 10.8. The summed E-state index contributed by atoms with van der Waals surface area (Å²) in [6.45, 7) is 11.3.